The molecule has 7 heteroatoms. The van der Waals surface area contributed by atoms with Crippen LogP contribution in [-0.4, -0.2) is 35.1 Å². The molecule has 2 heterocycles. The number of hydrogen-bond acceptors (Lipinski definition) is 4. The lowest BCUT2D eigenvalue weighted by Gasteiger charge is -2.20. The molecular weight excluding hydrogens is 415 g/mol. The number of fused-ring (bicyclic) bond motifs is 1. The molecule has 0 aliphatic carbocycles. The minimum atomic E-state index is -4.31. The van der Waals surface area contributed by atoms with Gasteiger partial charge < -0.3 is 4.74 Å². The first-order chi connectivity index (χ1) is 15.4. The van der Waals surface area contributed by atoms with Gasteiger partial charge in [0, 0.05) is 49.3 Å². The number of hydrogen-bond donors (Lipinski definition) is 0. The fourth-order valence-electron chi connectivity index (χ4n) is 4.06. The van der Waals surface area contributed by atoms with E-state index in [2.05, 4.69) is 4.90 Å². The number of halogens is 3. The smallest absolute Gasteiger partial charge is 0.416 e. The summed E-state index contributed by atoms with van der Waals surface area (Å²) >= 11 is 0. The second-order valence-electron chi connectivity index (χ2n) is 7.97. The van der Waals surface area contributed by atoms with E-state index in [4.69, 9.17) is 14.7 Å². The van der Waals surface area contributed by atoms with Gasteiger partial charge >= 0.3 is 6.18 Å². The number of alkyl halides is 3. The van der Waals surface area contributed by atoms with E-state index < -0.39 is 11.7 Å². The lowest BCUT2D eigenvalue weighted by molar-refractivity contribution is -0.137. The molecule has 0 spiro atoms. The average Bonchev–Trinajstić information content (AvgIpc) is 3.00. The molecule has 32 heavy (non-hydrogen) atoms. The van der Waals surface area contributed by atoms with Crippen LogP contribution in [0.3, 0.4) is 0 Å². The zero-order chi connectivity index (χ0) is 22.7. The Morgan fingerprint density at radius 2 is 1.62 bits per heavy atom. The van der Waals surface area contributed by atoms with E-state index in [9.17, 15) is 13.2 Å². The molecule has 0 fully saturated rings. The normalized spacial score (nSPS) is 14.7. The molecule has 0 saturated heterocycles. The van der Waals surface area contributed by atoms with E-state index in [1.165, 1.54) is 0 Å². The second-order valence-corrected chi connectivity index (χ2v) is 7.97. The van der Waals surface area contributed by atoms with Crippen LogP contribution in [0.1, 0.15) is 35.1 Å². The Hall–Kier alpha value is -2.93. The molecule has 1 aliphatic rings. The van der Waals surface area contributed by atoms with Crippen LogP contribution in [-0.2, 0) is 32.0 Å². The van der Waals surface area contributed by atoms with Gasteiger partial charge in [0.05, 0.1) is 18.4 Å². The third-order valence-corrected chi connectivity index (χ3v) is 5.85. The molecule has 1 aliphatic heterocycles. The van der Waals surface area contributed by atoms with Crippen molar-refractivity contribution in [3.63, 3.8) is 0 Å². The predicted molar refractivity (Wildman–Crippen MR) is 118 cm³/mol. The van der Waals surface area contributed by atoms with Crippen molar-refractivity contribution >= 4 is 0 Å². The van der Waals surface area contributed by atoms with Gasteiger partial charge in [-0.15, -0.1) is 0 Å². The van der Waals surface area contributed by atoms with Crippen LogP contribution in [0.4, 0.5) is 13.2 Å². The van der Waals surface area contributed by atoms with Crippen molar-refractivity contribution in [1.29, 1.82) is 0 Å². The number of benzene rings is 2. The van der Waals surface area contributed by atoms with Crippen LogP contribution < -0.4 is 4.74 Å². The topological polar surface area (TPSA) is 38.3 Å². The van der Waals surface area contributed by atoms with Crippen molar-refractivity contribution in [2.24, 2.45) is 0 Å². The molecule has 0 bridgehead atoms. The molecule has 0 amide bonds. The van der Waals surface area contributed by atoms with Gasteiger partial charge in [-0.2, -0.15) is 13.2 Å². The molecule has 0 saturated carbocycles. The van der Waals surface area contributed by atoms with Crippen molar-refractivity contribution in [3.05, 3.63) is 76.7 Å². The Balaban J connectivity index is 1.55. The molecule has 4 nitrogen and oxygen atoms in total. The number of aromatic nitrogens is 2. The fraction of sp³-hybridized carbons (Fsp3) is 0.360. The largest absolute Gasteiger partial charge is 0.497 e. The fourth-order valence-corrected chi connectivity index (χ4v) is 4.06. The predicted octanol–water partition coefficient (Wildman–Crippen LogP) is 5.33. The van der Waals surface area contributed by atoms with Gasteiger partial charge in [-0.3, -0.25) is 4.90 Å². The molecule has 2 aromatic carbocycles. The highest BCUT2D eigenvalue weighted by Gasteiger charge is 2.30. The summed E-state index contributed by atoms with van der Waals surface area (Å²) in [4.78, 5) is 11.9. The van der Waals surface area contributed by atoms with E-state index in [1.54, 1.807) is 19.2 Å². The summed E-state index contributed by atoms with van der Waals surface area (Å²) in [5.41, 5.74) is 4.48. The lowest BCUT2D eigenvalue weighted by atomic mass is 10.0. The number of ether oxygens (including phenoxy) is 1. The van der Waals surface area contributed by atoms with Gasteiger partial charge in [-0.25, -0.2) is 9.97 Å². The molecule has 168 valence electrons. The maximum atomic E-state index is 12.8. The van der Waals surface area contributed by atoms with Gasteiger partial charge in [0.15, 0.2) is 0 Å². The first-order valence-electron chi connectivity index (χ1n) is 10.8. The lowest BCUT2D eigenvalue weighted by Crippen LogP contribution is -2.26. The van der Waals surface area contributed by atoms with Crippen LogP contribution in [0.15, 0.2) is 48.5 Å². The summed E-state index contributed by atoms with van der Waals surface area (Å²) in [6, 6.07) is 13.4. The highest BCUT2D eigenvalue weighted by molar-refractivity contribution is 5.65. The third kappa shape index (κ3) is 4.93. The van der Waals surface area contributed by atoms with Gasteiger partial charge in [-0.1, -0.05) is 19.1 Å². The second kappa shape index (κ2) is 9.28. The summed E-state index contributed by atoms with van der Waals surface area (Å²) in [5, 5.41) is 0. The molecule has 1 aromatic heterocycles. The number of aryl methyl sites for hydroxylation is 1. The van der Waals surface area contributed by atoms with E-state index >= 15 is 0 Å². The SMILES string of the molecule is CCc1nc2c(c(-c3ccc(OC)cc3)n1)CCN(Cc1ccc(C(F)(F)F)cc1)CC2. The van der Waals surface area contributed by atoms with Crippen molar-refractivity contribution in [2.75, 3.05) is 20.2 Å². The molecule has 3 aromatic rings. The van der Waals surface area contributed by atoms with Crippen molar-refractivity contribution in [1.82, 2.24) is 14.9 Å². The van der Waals surface area contributed by atoms with Crippen LogP contribution in [0.5, 0.6) is 5.75 Å². The zero-order valence-electron chi connectivity index (χ0n) is 18.2. The molecule has 0 unspecified atom stereocenters. The van der Waals surface area contributed by atoms with Crippen molar-refractivity contribution in [3.8, 4) is 17.0 Å². The molecule has 0 radical (unpaired) electrons. The molecule has 0 N–H and O–H groups in total. The van der Waals surface area contributed by atoms with Crippen LogP contribution in [0, 0.1) is 0 Å². The summed E-state index contributed by atoms with van der Waals surface area (Å²) in [5.74, 6) is 1.62. The minimum Gasteiger partial charge on any atom is -0.497 e. The van der Waals surface area contributed by atoms with E-state index in [0.717, 1.165) is 84.1 Å². The van der Waals surface area contributed by atoms with Gasteiger partial charge in [0.25, 0.3) is 0 Å². The van der Waals surface area contributed by atoms with Crippen LogP contribution in [0.25, 0.3) is 11.3 Å². The monoisotopic (exact) mass is 441 g/mol. The van der Waals surface area contributed by atoms with E-state index in [1.807, 2.05) is 31.2 Å². The highest BCUT2D eigenvalue weighted by atomic mass is 19.4. The third-order valence-electron chi connectivity index (χ3n) is 5.85. The van der Waals surface area contributed by atoms with Gasteiger partial charge in [0.2, 0.25) is 0 Å². The van der Waals surface area contributed by atoms with Crippen LogP contribution in [0.2, 0.25) is 0 Å². The highest BCUT2D eigenvalue weighted by Crippen LogP contribution is 2.30. The summed E-state index contributed by atoms with van der Waals surface area (Å²) in [6.07, 6.45) is -1.97. The number of methoxy groups -OCH3 is 1. The van der Waals surface area contributed by atoms with E-state index in [0.29, 0.717) is 6.54 Å². The maximum Gasteiger partial charge on any atom is 0.416 e. The van der Waals surface area contributed by atoms with Gasteiger partial charge in [-0.05, 0) is 48.4 Å². The maximum absolute atomic E-state index is 12.8. The molecule has 4 rings (SSSR count). The average molecular weight is 441 g/mol. The van der Waals surface area contributed by atoms with Gasteiger partial charge in [0.1, 0.15) is 11.6 Å². The molecular formula is C25H26F3N3O. The Morgan fingerprint density at radius 1 is 0.938 bits per heavy atom. The Morgan fingerprint density at radius 3 is 2.25 bits per heavy atom. The summed E-state index contributed by atoms with van der Waals surface area (Å²) in [7, 11) is 1.65. The van der Waals surface area contributed by atoms with E-state index in [-0.39, 0.29) is 0 Å². The van der Waals surface area contributed by atoms with Crippen molar-refractivity contribution < 1.29 is 17.9 Å². The summed E-state index contributed by atoms with van der Waals surface area (Å²) in [6.45, 7) is 4.26. The Kier molecular flexibility index (Phi) is 6.46. The summed E-state index contributed by atoms with van der Waals surface area (Å²) < 4.78 is 43.8. The quantitative estimate of drug-likeness (QED) is 0.536. The Bertz CT molecular complexity index is 1060. The zero-order valence-corrected chi connectivity index (χ0v) is 18.2. The van der Waals surface area contributed by atoms with Crippen molar-refractivity contribution in [2.45, 2.75) is 38.9 Å². The minimum absolute atomic E-state index is 0.609. The number of nitrogens with zero attached hydrogens (tertiary/aromatic N) is 3. The first kappa shape index (κ1) is 22.3. The molecule has 0 atom stereocenters. The Labute approximate surface area is 186 Å². The number of rotatable bonds is 5. The standard InChI is InChI=1S/C25H26F3N3O/c1-3-23-29-22-13-15-31(16-17-4-8-19(9-5-17)25(26,27)28)14-12-21(22)24(30-23)18-6-10-20(32-2)11-7-18/h4-11H,3,12-16H2,1-2H3. The first-order valence-corrected chi connectivity index (χ1v) is 10.8. The van der Waals surface area contributed by atoms with Crippen LogP contribution >= 0.6 is 0 Å².